The van der Waals surface area contributed by atoms with Crippen LogP contribution in [0.5, 0.6) is 11.5 Å². The Hall–Kier alpha value is -4.18. The normalized spacial score (nSPS) is 13.6. The van der Waals surface area contributed by atoms with E-state index in [1.807, 2.05) is 0 Å². The van der Waals surface area contributed by atoms with Crippen LogP contribution in [0.4, 0.5) is 0 Å². The van der Waals surface area contributed by atoms with Gasteiger partial charge < -0.3 is 35.5 Å². The quantitative estimate of drug-likeness (QED) is 0.143. The van der Waals surface area contributed by atoms with Crippen LogP contribution in [0.25, 0.3) is 10.9 Å². The van der Waals surface area contributed by atoms with Crippen LogP contribution in [-0.2, 0) is 10.4 Å². The smallest absolute Gasteiger partial charge is 0.345 e. The Balaban J connectivity index is 1.18. The van der Waals surface area contributed by atoms with Gasteiger partial charge in [0.1, 0.15) is 11.5 Å². The van der Waals surface area contributed by atoms with Gasteiger partial charge in [0, 0.05) is 18.0 Å². The first-order valence-electron chi connectivity index (χ1n) is 12.8. The molecule has 0 amide bonds. The lowest BCUT2D eigenvalue weighted by Gasteiger charge is -2.24. The van der Waals surface area contributed by atoms with Crippen LogP contribution in [0.2, 0.25) is 0 Å². The van der Waals surface area contributed by atoms with Crippen LogP contribution in [0.3, 0.4) is 0 Å². The Kier molecular flexibility index (Phi) is 8.98. The largest absolute Gasteiger partial charge is 0.506 e. The molecule has 4 rings (SSSR count). The van der Waals surface area contributed by atoms with E-state index in [-0.39, 0.29) is 22.4 Å². The highest BCUT2D eigenvalue weighted by Gasteiger charge is 2.40. The summed E-state index contributed by atoms with van der Waals surface area (Å²) in [7, 11) is 0. The highest BCUT2D eigenvalue weighted by molar-refractivity contribution is 5.87. The Bertz CT molecular complexity index is 1450. The molecule has 204 valence electrons. The number of carbonyl (C=O) groups is 1. The Morgan fingerprint density at radius 1 is 0.923 bits per heavy atom. The van der Waals surface area contributed by atoms with E-state index in [9.17, 15) is 30.0 Å². The number of ether oxygens (including phenoxy) is 1. The standard InChI is InChI=1S/C30H32N2O7/c33-25-15-13-23(24-14-16-27(35)32-28(24)25)26(34)19-31-17-5-2-6-18-39-22-11-9-21(10-12-22)30(38,29(36)37)20-7-3-1-4-8-20/h1,3-4,7-16,26,31,33-34,38H,2,5-6,17-19H2,(H,32,35)(H,36,37). The third-order valence-electron chi connectivity index (χ3n) is 6.64. The van der Waals surface area contributed by atoms with E-state index in [0.29, 0.717) is 41.9 Å². The fourth-order valence-corrected chi connectivity index (χ4v) is 4.50. The minimum atomic E-state index is -2.14. The van der Waals surface area contributed by atoms with Crippen LogP contribution in [-0.4, -0.2) is 51.1 Å². The summed E-state index contributed by atoms with van der Waals surface area (Å²) in [5, 5.41) is 45.0. The molecule has 0 spiro atoms. The summed E-state index contributed by atoms with van der Waals surface area (Å²) in [4.78, 5) is 26.0. The van der Waals surface area contributed by atoms with E-state index in [4.69, 9.17) is 4.74 Å². The van der Waals surface area contributed by atoms with Crippen molar-refractivity contribution in [1.82, 2.24) is 10.3 Å². The summed E-state index contributed by atoms with van der Waals surface area (Å²) in [6.07, 6.45) is 1.79. The average Bonchev–Trinajstić information content (AvgIpc) is 2.95. The number of aliphatic hydroxyl groups excluding tert-OH is 1. The summed E-state index contributed by atoms with van der Waals surface area (Å²) in [5.41, 5.74) is -1.01. The second kappa shape index (κ2) is 12.6. The third-order valence-corrected chi connectivity index (χ3v) is 6.64. The minimum absolute atomic E-state index is 0.0428. The molecule has 3 aromatic carbocycles. The molecule has 39 heavy (non-hydrogen) atoms. The van der Waals surface area contributed by atoms with Gasteiger partial charge in [-0.1, -0.05) is 48.5 Å². The zero-order valence-electron chi connectivity index (χ0n) is 21.3. The number of phenols is 1. The number of carboxylic acids is 1. The van der Waals surface area contributed by atoms with Gasteiger partial charge in [-0.3, -0.25) is 4.79 Å². The number of aliphatic carboxylic acids is 1. The number of aromatic amines is 1. The molecule has 0 saturated carbocycles. The Morgan fingerprint density at radius 3 is 2.36 bits per heavy atom. The molecule has 0 aliphatic carbocycles. The second-order valence-corrected chi connectivity index (χ2v) is 9.32. The lowest BCUT2D eigenvalue weighted by Crippen LogP contribution is -2.36. The summed E-state index contributed by atoms with van der Waals surface area (Å²) >= 11 is 0. The molecule has 4 aromatic rings. The maximum absolute atomic E-state index is 11.9. The molecule has 2 unspecified atom stereocenters. The molecule has 0 saturated heterocycles. The van der Waals surface area contributed by atoms with Gasteiger partial charge in [0.25, 0.3) is 0 Å². The topological polar surface area (TPSA) is 152 Å². The van der Waals surface area contributed by atoms with Crippen LogP contribution in [0.15, 0.2) is 83.7 Å². The molecule has 6 N–H and O–H groups in total. The number of rotatable bonds is 13. The first-order chi connectivity index (χ1) is 18.8. The Labute approximate surface area is 225 Å². The summed E-state index contributed by atoms with van der Waals surface area (Å²) in [6.45, 7) is 1.51. The van der Waals surface area contributed by atoms with Crippen molar-refractivity contribution in [2.24, 2.45) is 0 Å². The molecular weight excluding hydrogens is 500 g/mol. The molecular formula is C30H32N2O7. The molecule has 9 nitrogen and oxygen atoms in total. The van der Waals surface area contributed by atoms with E-state index in [0.717, 1.165) is 19.3 Å². The Morgan fingerprint density at radius 2 is 1.64 bits per heavy atom. The van der Waals surface area contributed by atoms with Gasteiger partial charge in [0.2, 0.25) is 11.2 Å². The van der Waals surface area contributed by atoms with Gasteiger partial charge >= 0.3 is 5.97 Å². The molecule has 0 fully saturated rings. The molecule has 2 atom stereocenters. The van der Waals surface area contributed by atoms with E-state index in [2.05, 4.69) is 10.3 Å². The average molecular weight is 533 g/mol. The van der Waals surface area contributed by atoms with Crippen molar-refractivity contribution >= 4 is 16.9 Å². The number of H-pyrrole nitrogens is 1. The predicted molar refractivity (Wildman–Crippen MR) is 147 cm³/mol. The maximum atomic E-state index is 11.9. The number of hydrogen-bond donors (Lipinski definition) is 6. The van der Waals surface area contributed by atoms with Gasteiger partial charge in [-0.25, -0.2) is 4.79 Å². The van der Waals surface area contributed by atoms with Crippen molar-refractivity contribution < 1.29 is 30.0 Å². The maximum Gasteiger partial charge on any atom is 0.345 e. The van der Waals surface area contributed by atoms with Crippen molar-refractivity contribution in [3.8, 4) is 11.5 Å². The number of hydrogen-bond acceptors (Lipinski definition) is 7. The van der Waals surface area contributed by atoms with Crippen LogP contribution in [0, 0.1) is 0 Å². The zero-order chi connectivity index (χ0) is 27.8. The minimum Gasteiger partial charge on any atom is -0.506 e. The van der Waals surface area contributed by atoms with Crippen LogP contribution < -0.4 is 15.6 Å². The van der Waals surface area contributed by atoms with Gasteiger partial charge in [0.05, 0.1) is 18.2 Å². The molecule has 0 bridgehead atoms. The number of phenolic OH excluding ortho intramolecular Hbond substituents is 1. The number of carboxylic acid groups (broad SMARTS) is 1. The molecule has 0 aliphatic heterocycles. The summed E-state index contributed by atoms with van der Waals surface area (Å²) < 4.78 is 5.77. The second-order valence-electron chi connectivity index (χ2n) is 9.32. The zero-order valence-corrected chi connectivity index (χ0v) is 21.3. The van der Waals surface area contributed by atoms with E-state index in [1.54, 1.807) is 66.7 Å². The molecule has 9 heteroatoms. The predicted octanol–water partition coefficient (Wildman–Crippen LogP) is 3.43. The van der Waals surface area contributed by atoms with Crippen LogP contribution >= 0.6 is 0 Å². The van der Waals surface area contributed by atoms with Crippen LogP contribution in [0.1, 0.15) is 42.1 Å². The lowest BCUT2D eigenvalue weighted by molar-refractivity contribution is -0.155. The van der Waals surface area contributed by atoms with Gasteiger partial charge in [0.15, 0.2) is 0 Å². The fourth-order valence-electron chi connectivity index (χ4n) is 4.50. The highest BCUT2D eigenvalue weighted by atomic mass is 16.5. The van der Waals surface area contributed by atoms with Crippen molar-refractivity contribution in [2.75, 3.05) is 19.7 Å². The van der Waals surface area contributed by atoms with Gasteiger partial charge in [-0.15, -0.1) is 0 Å². The summed E-state index contributed by atoms with van der Waals surface area (Å²) in [5.74, 6) is -0.807. The third kappa shape index (κ3) is 6.46. The molecule has 1 heterocycles. The number of nitrogens with one attached hydrogen (secondary N) is 2. The van der Waals surface area contributed by atoms with Crippen molar-refractivity contribution in [1.29, 1.82) is 0 Å². The number of pyridine rings is 1. The summed E-state index contributed by atoms with van der Waals surface area (Å²) in [6, 6.07) is 20.7. The fraction of sp³-hybridized carbons (Fsp3) is 0.267. The van der Waals surface area contributed by atoms with E-state index >= 15 is 0 Å². The van der Waals surface area contributed by atoms with Crippen molar-refractivity contribution in [3.63, 3.8) is 0 Å². The number of aliphatic hydroxyl groups is 2. The number of benzene rings is 3. The molecule has 1 aromatic heterocycles. The highest BCUT2D eigenvalue weighted by Crippen LogP contribution is 2.31. The first kappa shape index (κ1) is 27.8. The SMILES string of the molecule is O=C(O)C(O)(c1ccccc1)c1ccc(OCCCCCNCC(O)c2ccc(O)c3[nH]c(=O)ccc23)cc1. The number of fused-ring (bicyclic) bond motifs is 1. The van der Waals surface area contributed by atoms with Crippen molar-refractivity contribution in [3.05, 3.63) is 106 Å². The van der Waals surface area contributed by atoms with Crippen molar-refractivity contribution in [2.45, 2.75) is 31.0 Å². The van der Waals surface area contributed by atoms with E-state index in [1.165, 1.54) is 12.1 Å². The lowest BCUT2D eigenvalue weighted by atomic mass is 9.86. The van der Waals surface area contributed by atoms with E-state index < -0.39 is 17.7 Å². The van der Waals surface area contributed by atoms with Gasteiger partial charge in [-0.2, -0.15) is 0 Å². The molecule has 0 radical (unpaired) electrons. The molecule has 0 aliphatic rings. The monoisotopic (exact) mass is 532 g/mol. The number of aromatic nitrogens is 1. The first-order valence-corrected chi connectivity index (χ1v) is 12.8. The van der Waals surface area contributed by atoms with Gasteiger partial charge in [-0.05, 0) is 66.8 Å². The number of aromatic hydroxyl groups is 1. The number of unbranched alkanes of at least 4 members (excludes halogenated alkanes) is 2.